The molecule has 0 spiro atoms. The lowest BCUT2D eigenvalue weighted by atomic mass is 10.1. The Bertz CT molecular complexity index is 1010. The average molecular weight is 702 g/mol. The predicted octanol–water partition coefficient (Wildman–Crippen LogP) is 8.52. The van der Waals surface area contributed by atoms with Crippen LogP contribution < -0.4 is 5.11 Å². The maximum absolute atomic E-state index is 12.6. The van der Waals surface area contributed by atoms with E-state index in [4.69, 9.17) is 14.2 Å². The van der Waals surface area contributed by atoms with Gasteiger partial charge < -0.3 is 28.6 Å². The lowest BCUT2D eigenvalue weighted by Gasteiger charge is -2.34. The quantitative estimate of drug-likeness (QED) is 0.0222. The van der Waals surface area contributed by atoms with Crippen LogP contribution in [0.1, 0.15) is 136 Å². The van der Waals surface area contributed by atoms with Crippen molar-refractivity contribution in [1.82, 2.24) is 0 Å². The number of aliphatic carboxylic acids is 1. The monoisotopic (exact) mass is 702 g/mol. The van der Waals surface area contributed by atoms with Crippen molar-refractivity contribution in [3.05, 3.63) is 60.8 Å². The highest BCUT2D eigenvalue weighted by Crippen LogP contribution is 2.12. The SMILES string of the molecule is CC/C=C/C=C/C=C/CCCCCCCC(=O)OC(COCCC(C(=O)[O-])[N+](C)(C)C)COC(=O)CC/C=C/C/C=C/CCCCCCCC. The number of hydrogen-bond acceptors (Lipinski definition) is 7. The standard InChI is InChI=1S/C42H71NO7/c1-6-8-10-12-14-16-18-20-22-24-26-28-30-32-40(44)49-37-38(36-48-35-34-39(42(46)47)43(3,4)5)50-41(45)33-31-29-27-25-23-21-19-17-15-13-11-9-7-2/h9,11,13,15,17,19-20,22,26,28,38-39H,6-8,10,12,14,16,18,21,23-25,27,29-37H2,1-5H3/b11-9+,15-13+,19-17+,22-20+,28-26+. The van der Waals surface area contributed by atoms with Gasteiger partial charge in [-0.25, -0.2) is 0 Å². The minimum atomic E-state index is -1.14. The van der Waals surface area contributed by atoms with Crippen LogP contribution >= 0.6 is 0 Å². The van der Waals surface area contributed by atoms with Crippen molar-refractivity contribution in [3.8, 4) is 0 Å². The molecule has 0 heterocycles. The van der Waals surface area contributed by atoms with Crippen LogP contribution in [0.3, 0.4) is 0 Å². The molecule has 0 saturated carbocycles. The van der Waals surface area contributed by atoms with Crippen LogP contribution in [0.2, 0.25) is 0 Å². The van der Waals surface area contributed by atoms with Crippen molar-refractivity contribution >= 4 is 17.9 Å². The number of carbonyl (C=O) groups is 3. The number of quaternary nitrogens is 1. The number of rotatable bonds is 33. The molecule has 2 atom stereocenters. The number of carboxylic acids is 1. The van der Waals surface area contributed by atoms with Gasteiger partial charge in [0.15, 0.2) is 6.10 Å². The number of nitrogens with zero attached hydrogens (tertiary/aromatic N) is 1. The molecule has 0 aliphatic rings. The lowest BCUT2D eigenvalue weighted by Crippen LogP contribution is -2.55. The number of unbranched alkanes of at least 4 members (excludes halogenated alkanes) is 11. The first-order valence-corrected chi connectivity index (χ1v) is 19.3. The van der Waals surface area contributed by atoms with Gasteiger partial charge >= 0.3 is 11.9 Å². The fourth-order valence-electron chi connectivity index (χ4n) is 5.18. The fourth-order valence-corrected chi connectivity index (χ4v) is 5.18. The summed E-state index contributed by atoms with van der Waals surface area (Å²) in [5.74, 6) is -1.86. The predicted molar refractivity (Wildman–Crippen MR) is 203 cm³/mol. The third kappa shape index (κ3) is 31.0. The third-order valence-electron chi connectivity index (χ3n) is 8.21. The summed E-state index contributed by atoms with van der Waals surface area (Å²) in [6.07, 6.45) is 38.3. The van der Waals surface area contributed by atoms with Crippen LogP contribution in [0, 0.1) is 0 Å². The number of allylic oxidation sites excluding steroid dienone is 10. The summed E-state index contributed by atoms with van der Waals surface area (Å²) < 4.78 is 17.0. The van der Waals surface area contributed by atoms with E-state index in [1.807, 2.05) is 18.2 Å². The maximum Gasteiger partial charge on any atom is 0.306 e. The van der Waals surface area contributed by atoms with Gasteiger partial charge in [-0.2, -0.15) is 0 Å². The molecule has 0 aliphatic carbocycles. The molecule has 286 valence electrons. The zero-order chi connectivity index (χ0) is 37.1. The topological polar surface area (TPSA) is 102 Å². The van der Waals surface area contributed by atoms with Gasteiger partial charge in [-0.1, -0.05) is 126 Å². The molecule has 8 heteroatoms. The Morgan fingerprint density at radius 1 is 0.640 bits per heavy atom. The maximum atomic E-state index is 12.6. The molecule has 0 aromatic rings. The van der Waals surface area contributed by atoms with E-state index in [-0.39, 0.29) is 55.5 Å². The van der Waals surface area contributed by atoms with Gasteiger partial charge in [0, 0.05) is 19.3 Å². The van der Waals surface area contributed by atoms with E-state index in [1.165, 1.54) is 38.5 Å². The smallest absolute Gasteiger partial charge is 0.306 e. The fraction of sp³-hybridized carbons (Fsp3) is 0.690. The van der Waals surface area contributed by atoms with E-state index in [1.54, 1.807) is 21.1 Å². The zero-order valence-electron chi connectivity index (χ0n) is 32.3. The molecule has 0 aromatic heterocycles. The van der Waals surface area contributed by atoms with E-state index < -0.39 is 18.1 Å². The minimum Gasteiger partial charge on any atom is -0.544 e. The molecule has 0 N–H and O–H groups in total. The highest BCUT2D eigenvalue weighted by molar-refractivity contribution is 5.70. The summed E-state index contributed by atoms with van der Waals surface area (Å²) >= 11 is 0. The van der Waals surface area contributed by atoms with Gasteiger partial charge in [0.05, 0.1) is 40.3 Å². The van der Waals surface area contributed by atoms with Gasteiger partial charge in [-0.05, 0) is 51.4 Å². The first kappa shape index (κ1) is 47.0. The molecule has 2 unspecified atom stereocenters. The summed E-state index contributed by atoms with van der Waals surface area (Å²) in [6.45, 7) is 4.40. The minimum absolute atomic E-state index is 0.0124. The molecule has 50 heavy (non-hydrogen) atoms. The van der Waals surface area contributed by atoms with E-state index >= 15 is 0 Å². The number of likely N-dealkylation sites (N-methyl/N-ethyl adjacent to an activating group) is 1. The second kappa shape index (κ2) is 33.2. The van der Waals surface area contributed by atoms with E-state index in [0.717, 1.165) is 57.8 Å². The Morgan fingerprint density at radius 3 is 1.88 bits per heavy atom. The second-order valence-electron chi connectivity index (χ2n) is 13.8. The summed E-state index contributed by atoms with van der Waals surface area (Å²) in [6, 6.07) is -0.737. The second-order valence-corrected chi connectivity index (χ2v) is 13.8. The molecule has 0 saturated heterocycles. The summed E-state index contributed by atoms with van der Waals surface area (Å²) in [7, 11) is 5.37. The number of ether oxygens (including phenoxy) is 3. The first-order valence-electron chi connectivity index (χ1n) is 19.3. The number of esters is 2. The molecule has 0 amide bonds. The molecule has 8 nitrogen and oxygen atoms in total. The van der Waals surface area contributed by atoms with Crippen LogP contribution in [-0.2, 0) is 28.6 Å². The highest BCUT2D eigenvalue weighted by atomic mass is 16.6. The summed E-state index contributed by atoms with van der Waals surface area (Å²) in [5.41, 5.74) is 0. The van der Waals surface area contributed by atoms with Crippen molar-refractivity contribution in [1.29, 1.82) is 0 Å². The van der Waals surface area contributed by atoms with Gasteiger partial charge in [0.2, 0.25) is 0 Å². The Labute approximate surface area is 305 Å². The zero-order valence-corrected chi connectivity index (χ0v) is 32.3. The summed E-state index contributed by atoms with van der Waals surface area (Å²) in [5, 5.41) is 11.6. The van der Waals surface area contributed by atoms with Gasteiger partial charge in [-0.15, -0.1) is 0 Å². The van der Waals surface area contributed by atoms with Crippen molar-refractivity contribution in [2.75, 3.05) is 41.0 Å². The van der Waals surface area contributed by atoms with Crippen LogP contribution in [0.5, 0.6) is 0 Å². The van der Waals surface area contributed by atoms with Crippen LogP contribution in [0.4, 0.5) is 0 Å². The van der Waals surface area contributed by atoms with E-state index in [0.29, 0.717) is 6.42 Å². The van der Waals surface area contributed by atoms with Crippen LogP contribution in [0.15, 0.2) is 60.8 Å². The molecule has 0 radical (unpaired) electrons. The number of hydrogen-bond donors (Lipinski definition) is 0. The normalized spacial score (nSPS) is 13.7. The largest absolute Gasteiger partial charge is 0.544 e. The van der Waals surface area contributed by atoms with Crippen LogP contribution in [0.25, 0.3) is 0 Å². The van der Waals surface area contributed by atoms with Crippen LogP contribution in [-0.4, -0.2) is 75.5 Å². The Morgan fingerprint density at radius 2 is 1.24 bits per heavy atom. The Hall–Kier alpha value is -2.97. The Kier molecular flexibility index (Phi) is 31.2. The van der Waals surface area contributed by atoms with Gasteiger partial charge in [0.25, 0.3) is 0 Å². The lowest BCUT2D eigenvalue weighted by molar-refractivity contribution is -0.889. The molecular weight excluding hydrogens is 630 g/mol. The molecule has 0 aliphatic heterocycles. The third-order valence-corrected chi connectivity index (χ3v) is 8.21. The Balaban J connectivity index is 4.55. The summed E-state index contributed by atoms with van der Waals surface area (Å²) in [4.78, 5) is 36.6. The van der Waals surface area contributed by atoms with Crippen molar-refractivity contribution in [2.45, 2.75) is 148 Å². The first-order chi connectivity index (χ1) is 24.1. The molecule has 0 aromatic carbocycles. The molecule has 0 bridgehead atoms. The van der Waals surface area contributed by atoms with Gasteiger partial charge in [-0.3, -0.25) is 9.59 Å². The highest BCUT2D eigenvalue weighted by Gasteiger charge is 2.25. The molecule has 0 rings (SSSR count). The van der Waals surface area contributed by atoms with Gasteiger partial charge in [0.1, 0.15) is 12.6 Å². The average Bonchev–Trinajstić information content (AvgIpc) is 3.06. The van der Waals surface area contributed by atoms with Crippen molar-refractivity contribution in [2.24, 2.45) is 0 Å². The van der Waals surface area contributed by atoms with E-state index in [2.05, 4.69) is 56.4 Å². The molecule has 0 fully saturated rings. The van der Waals surface area contributed by atoms with Crippen molar-refractivity contribution < 1.29 is 38.2 Å². The van der Waals surface area contributed by atoms with Crippen molar-refractivity contribution in [3.63, 3.8) is 0 Å². The number of carbonyl (C=O) groups excluding carboxylic acids is 3. The number of carboxylic acid groups (broad SMARTS) is 1. The van der Waals surface area contributed by atoms with E-state index in [9.17, 15) is 19.5 Å². The molecular formula is C42H71NO7.